The van der Waals surface area contributed by atoms with E-state index in [4.69, 9.17) is 10.0 Å². The largest absolute Gasteiger partial charge is 0.469 e. The highest BCUT2D eigenvalue weighted by Crippen LogP contribution is 2.06. The minimum Gasteiger partial charge on any atom is -0.426 e. The maximum Gasteiger partial charge on any atom is 0.469 e. The van der Waals surface area contributed by atoms with E-state index >= 15 is 0 Å². The van der Waals surface area contributed by atoms with Crippen LogP contribution >= 0.6 is 0 Å². The summed E-state index contributed by atoms with van der Waals surface area (Å²) in [6.07, 6.45) is 3.15. The average Bonchev–Trinajstić information content (AvgIpc) is 1.90. The SMILES string of the molecule is OB(O)C1CCCCN1. The highest BCUT2D eigenvalue weighted by atomic mass is 16.4. The molecule has 0 aromatic rings. The molecule has 0 saturated carbocycles. The van der Waals surface area contributed by atoms with E-state index in [1.807, 2.05) is 0 Å². The van der Waals surface area contributed by atoms with Gasteiger partial charge in [-0.05, 0) is 19.4 Å². The quantitative estimate of drug-likeness (QED) is 0.404. The van der Waals surface area contributed by atoms with Gasteiger partial charge in [0.05, 0.1) is 0 Å². The van der Waals surface area contributed by atoms with E-state index in [0.29, 0.717) is 0 Å². The summed E-state index contributed by atoms with van der Waals surface area (Å²) in [5.41, 5.74) is 0. The molecule has 1 unspecified atom stereocenters. The first-order valence-corrected chi connectivity index (χ1v) is 3.40. The second-order valence-electron chi connectivity index (χ2n) is 2.47. The van der Waals surface area contributed by atoms with Crippen molar-refractivity contribution in [2.45, 2.75) is 25.2 Å². The van der Waals surface area contributed by atoms with Crippen molar-refractivity contribution in [2.75, 3.05) is 6.54 Å². The van der Waals surface area contributed by atoms with Gasteiger partial charge in [-0.2, -0.15) is 0 Å². The lowest BCUT2D eigenvalue weighted by Crippen LogP contribution is -2.46. The Morgan fingerprint density at radius 2 is 2.11 bits per heavy atom. The van der Waals surface area contributed by atoms with Crippen LogP contribution in [0.5, 0.6) is 0 Å². The summed E-state index contributed by atoms with van der Waals surface area (Å²) < 4.78 is 0. The van der Waals surface area contributed by atoms with Gasteiger partial charge in [-0.25, -0.2) is 0 Å². The van der Waals surface area contributed by atoms with E-state index in [-0.39, 0.29) is 5.94 Å². The highest BCUT2D eigenvalue weighted by molar-refractivity contribution is 6.43. The third-order valence-corrected chi connectivity index (χ3v) is 1.71. The van der Waals surface area contributed by atoms with Gasteiger partial charge in [0.15, 0.2) is 0 Å². The smallest absolute Gasteiger partial charge is 0.426 e. The van der Waals surface area contributed by atoms with Gasteiger partial charge < -0.3 is 15.4 Å². The first-order chi connectivity index (χ1) is 4.30. The van der Waals surface area contributed by atoms with Gasteiger partial charge in [0.2, 0.25) is 0 Å². The van der Waals surface area contributed by atoms with E-state index in [1.165, 1.54) is 0 Å². The predicted octanol–water partition coefficient (Wildman–Crippen LogP) is -0.859. The minimum absolute atomic E-state index is 0.0845. The van der Waals surface area contributed by atoms with Crippen LogP contribution in [0.25, 0.3) is 0 Å². The lowest BCUT2D eigenvalue weighted by molar-refractivity contribution is 0.342. The lowest BCUT2D eigenvalue weighted by atomic mass is 9.75. The Kier molecular flexibility index (Phi) is 2.51. The zero-order chi connectivity index (χ0) is 6.69. The van der Waals surface area contributed by atoms with Crippen molar-refractivity contribution < 1.29 is 10.0 Å². The Hall–Kier alpha value is -0.0551. The molecule has 1 saturated heterocycles. The maximum absolute atomic E-state index is 8.67. The fourth-order valence-corrected chi connectivity index (χ4v) is 1.13. The molecule has 1 rings (SSSR count). The van der Waals surface area contributed by atoms with Gasteiger partial charge in [0, 0.05) is 5.94 Å². The van der Waals surface area contributed by atoms with E-state index in [9.17, 15) is 0 Å². The van der Waals surface area contributed by atoms with Crippen molar-refractivity contribution in [2.24, 2.45) is 0 Å². The third kappa shape index (κ3) is 1.97. The van der Waals surface area contributed by atoms with Crippen molar-refractivity contribution in [3.8, 4) is 0 Å². The van der Waals surface area contributed by atoms with Crippen molar-refractivity contribution in [1.29, 1.82) is 0 Å². The zero-order valence-electron chi connectivity index (χ0n) is 5.38. The van der Waals surface area contributed by atoms with Crippen molar-refractivity contribution in [1.82, 2.24) is 5.32 Å². The Balaban J connectivity index is 2.23. The molecule has 1 fully saturated rings. The Labute approximate surface area is 55.2 Å². The number of hydrogen-bond donors (Lipinski definition) is 3. The van der Waals surface area contributed by atoms with Crippen LogP contribution in [0.2, 0.25) is 0 Å². The standard InChI is InChI=1S/C5H12BNO2/c8-6(9)5-3-1-2-4-7-5/h5,7-9H,1-4H2. The highest BCUT2D eigenvalue weighted by Gasteiger charge is 2.23. The fourth-order valence-electron chi connectivity index (χ4n) is 1.13. The predicted molar refractivity (Wildman–Crippen MR) is 35.8 cm³/mol. The second kappa shape index (κ2) is 3.20. The average molecular weight is 129 g/mol. The van der Waals surface area contributed by atoms with Crippen LogP contribution in [-0.2, 0) is 0 Å². The monoisotopic (exact) mass is 129 g/mol. The molecule has 3 nitrogen and oxygen atoms in total. The fraction of sp³-hybridized carbons (Fsp3) is 1.00. The normalized spacial score (nSPS) is 28.0. The summed E-state index contributed by atoms with van der Waals surface area (Å²) >= 11 is 0. The molecule has 1 heterocycles. The summed E-state index contributed by atoms with van der Waals surface area (Å²) in [6.45, 7) is 0.919. The molecule has 1 atom stereocenters. The van der Waals surface area contributed by atoms with E-state index in [1.54, 1.807) is 0 Å². The molecule has 4 heteroatoms. The lowest BCUT2D eigenvalue weighted by Gasteiger charge is -2.21. The maximum atomic E-state index is 8.67. The molecule has 52 valence electrons. The molecular formula is C5H12BNO2. The van der Waals surface area contributed by atoms with Crippen LogP contribution in [0.15, 0.2) is 0 Å². The molecule has 9 heavy (non-hydrogen) atoms. The topological polar surface area (TPSA) is 52.5 Å². The summed E-state index contributed by atoms with van der Waals surface area (Å²) in [6, 6.07) is 0. The summed E-state index contributed by atoms with van der Waals surface area (Å²) in [5.74, 6) is -0.0845. The van der Waals surface area contributed by atoms with Crippen LogP contribution < -0.4 is 5.32 Å². The van der Waals surface area contributed by atoms with Crippen molar-refractivity contribution in [3.05, 3.63) is 0 Å². The van der Waals surface area contributed by atoms with E-state index in [2.05, 4.69) is 5.32 Å². The molecule has 0 spiro atoms. The third-order valence-electron chi connectivity index (χ3n) is 1.71. The molecular weight excluding hydrogens is 117 g/mol. The number of hydrogen-bond acceptors (Lipinski definition) is 3. The van der Waals surface area contributed by atoms with Gasteiger partial charge in [0.1, 0.15) is 0 Å². The Morgan fingerprint density at radius 1 is 1.33 bits per heavy atom. The van der Waals surface area contributed by atoms with Crippen molar-refractivity contribution >= 4 is 7.12 Å². The van der Waals surface area contributed by atoms with Gasteiger partial charge in [-0.15, -0.1) is 0 Å². The molecule has 3 N–H and O–H groups in total. The van der Waals surface area contributed by atoms with Gasteiger partial charge in [0.25, 0.3) is 0 Å². The molecule has 1 aliphatic rings. The summed E-state index contributed by atoms with van der Waals surface area (Å²) in [4.78, 5) is 0. The van der Waals surface area contributed by atoms with Gasteiger partial charge >= 0.3 is 7.12 Å². The minimum atomic E-state index is -1.18. The van der Waals surface area contributed by atoms with E-state index in [0.717, 1.165) is 25.8 Å². The zero-order valence-corrected chi connectivity index (χ0v) is 5.38. The molecule has 0 amide bonds. The first-order valence-electron chi connectivity index (χ1n) is 3.40. The molecule has 1 aliphatic heterocycles. The van der Waals surface area contributed by atoms with Crippen molar-refractivity contribution in [3.63, 3.8) is 0 Å². The first kappa shape index (κ1) is 7.06. The van der Waals surface area contributed by atoms with Gasteiger partial charge in [-0.1, -0.05) is 6.42 Å². The van der Waals surface area contributed by atoms with Crippen LogP contribution in [0, 0.1) is 0 Å². The molecule has 0 aliphatic carbocycles. The summed E-state index contributed by atoms with van der Waals surface area (Å²) in [7, 11) is -1.18. The second-order valence-corrected chi connectivity index (χ2v) is 2.47. The molecule has 0 radical (unpaired) electrons. The Bertz CT molecular complexity index is 83.0. The van der Waals surface area contributed by atoms with E-state index < -0.39 is 7.12 Å². The number of piperidine rings is 1. The molecule has 0 bridgehead atoms. The van der Waals surface area contributed by atoms with Gasteiger partial charge in [-0.3, -0.25) is 0 Å². The van der Waals surface area contributed by atoms with Crippen LogP contribution in [0.1, 0.15) is 19.3 Å². The van der Waals surface area contributed by atoms with Crippen LogP contribution in [0.4, 0.5) is 0 Å². The number of rotatable bonds is 1. The van der Waals surface area contributed by atoms with Crippen LogP contribution in [0.3, 0.4) is 0 Å². The van der Waals surface area contributed by atoms with Crippen LogP contribution in [-0.4, -0.2) is 29.7 Å². The summed E-state index contributed by atoms with van der Waals surface area (Å²) in [5, 5.41) is 20.4. The Morgan fingerprint density at radius 3 is 2.44 bits per heavy atom. The number of nitrogens with one attached hydrogen (secondary N) is 1. The molecule has 0 aromatic carbocycles. The molecule has 0 aromatic heterocycles.